The average molecular weight is 304 g/mol. The molecule has 0 saturated heterocycles. The lowest BCUT2D eigenvalue weighted by atomic mass is 10.1. The summed E-state index contributed by atoms with van der Waals surface area (Å²) in [5.41, 5.74) is 1.44. The van der Waals surface area contributed by atoms with Crippen molar-refractivity contribution in [3.05, 3.63) is 65.7 Å². The molecule has 0 bridgehead atoms. The number of carbonyl (C=O) groups is 1. The van der Waals surface area contributed by atoms with E-state index in [1.807, 2.05) is 25.1 Å². The van der Waals surface area contributed by atoms with Gasteiger partial charge in [-0.1, -0.05) is 24.3 Å². The molecular weight excluding hydrogens is 287 g/mol. The van der Waals surface area contributed by atoms with Crippen LogP contribution in [0, 0.1) is 5.82 Å². The smallest absolute Gasteiger partial charge is 0.230 e. The second-order valence-corrected chi connectivity index (χ2v) is 5.90. The zero-order valence-electron chi connectivity index (χ0n) is 11.8. The highest BCUT2D eigenvalue weighted by atomic mass is 32.2. The van der Waals surface area contributed by atoms with Gasteiger partial charge >= 0.3 is 0 Å². The molecule has 2 aromatic rings. The van der Waals surface area contributed by atoms with E-state index in [0.29, 0.717) is 17.9 Å². The number of amides is 1. The molecule has 0 fully saturated rings. The predicted molar refractivity (Wildman–Crippen MR) is 83.4 cm³/mol. The SMILES string of the molecule is CC(SCC(=O)NCc1ccccn1)c1ccccc1F. The molecule has 1 atom stereocenters. The first-order chi connectivity index (χ1) is 10.2. The van der Waals surface area contributed by atoms with E-state index in [0.717, 1.165) is 5.69 Å². The number of nitrogens with zero attached hydrogens (tertiary/aromatic N) is 1. The van der Waals surface area contributed by atoms with Gasteiger partial charge in [0.15, 0.2) is 0 Å². The van der Waals surface area contributed by atoms with Crippen LogP contribution in [0.15, 0.2) is 48.7 Å². The number of benzene rings is 1. The average Bonchev–Trinajstić information content (AvgIpc) is 2.52. The Morgan fingerprint density at radius 3 is 2.76 bits per heavy atom. The van der Waals surface area contributed by atoms with Gasteiger partial charge in [-0.2, -0.15) is 0 Å². The standard InChI is InChI=1S/C16H17FN2OS/c1-12(14-7-2-3-8-15(14)17)21-11-16(20)19-10-13-6-4-5-9-18-13/h2-9,12H,10-11H2,1H3,(H,19,20). The number of carbonyl (C=O) groups excluding carboxylic acids is 1. The third-order valence-electron chi connectivity index (χ3n) is 3.00. The number of hydrogen-bond acceptors (Lipinski definition) is 3. The Morgan fingerprint density at radius 2 is 2.05 bits per heavy atom. The number of hydrogen-bond donors (Lipinski definition) is 1. The minimum absolute atomic E-state index is 0.0631. The second-order valence-electron chi connectivity index (χ2n) is 4.57. The molecule has 3 nitrogen and oxygen atoms in total. The Bertz CT molecular complexity index is 592. The molecule has 110 valence electrons. The molecule has 0 saturated carbocycles. The van der Waals surface area contributed by atoms with E-state index in [-0.39, 0.29) is 17.0 Å². The predicted octanol–water partition coefficient (Wildman–Crippen LogP) is 3.33. The Morgan fingerprint density at radius 1 is 1.29 bits per heavy atom. The Balaban J connectivity index is 1.77. The van der Waals surface area contributed by atoms with Crippen molar-refractivity contribution in [3.63, 3.8) is 0 Å². The van der Waals surface area contributed by atoms with Gasteiger partial charge in [-0.05, 0) is 25.1 Å². The number of rotatable bonds is 6. The van der Waals surface area contributed by atoms with E-state index >= 15 is 0 Å². The molecule has 0 aliphatic heterocycles. The lowest BCUT2D eigenvalue weighted by Crippen LogP contribution is -2.25. The van der Waals surface area contributed by atoms with Gasteiger partial charge < -0.3 is 5.32 Å². The van der Waals surface area contributed by atoms with Gasteiger partial charge in [0.05, 0.1) is 18.0 Å². The monoisotopic (exact) mass is 304 g/mol. The summed E-state index contributed by atoms with van der Waals surface area (Å²) in [6.07, 6.45) is 1.69. The van der Waals surface area contributed by atoms with Crippen LogP contribution in [-0.4, -0.2) is 16.6 Å². The fraction of sp³-hybridized carbons (Fsp3) is 0.250. The molecule has 0 aliphatic carbocycles. The Hall–Kier alpha value is -1.88. The molecule has 1 amide bonds. The van der Waals surface area contributed by atoms with Gasteiger partial charge in [0.1, 0.15) is 5.82 Å². The van der Waals surface area contributed by atoms with Crippen LogP contribution in [0.4, 0.5) is 4.39 Å². The molecule has 1 N–H and O–H groups in total. The van der Waals surface area contributed by atoms with Gasteiger partial charge in [0.25, 0.3) is 0 Å². The van der Waals surface area contributed by atoms with Crippen LogP contribution >= 0.6 is 11.8 Å². The van der Waals surface area contributed by atoms with Crippen molar-refractivity contribution in [2.75, 3.05) is 5.75 Å². The number of nitrogens with one attached hydrogen (secondary N) is 1. The second kappa shape index (κ2) is 7.78. The maximum absolute atomic E-state index is 13.6. The highest BCUT2D eigenvalue weighted by Crippen LogP contribution is 2.29. The van der Waals surface area contributed by atoms with Crippen LogP contribution in [-0.2, 0) is 11.3 Å². The quantitative estimate of drug-likeness (QED) is 0.890. The van der Waals surface area contributed by atoms with E-state index in [9.17, 15) is 9.18 Å². The lowest BCUT2D eigenvalue weighted by molar-refractivity contribution is -0.118. The summed E-state index contributed by atoms with van der Waals surface area (Å²) >= 11 is 1.41. The van der Waals surface area contributed by atoms with Gasteiger partial charge in [-0.25, -0.2) is 4.39 Å². The summed E-state index contributed by atoms with van der Waals surface area (Å²) in [6.45, 7) is 2.31. The van der Waals surface area contributed by atoms with Crippen molar-refractivity contribution < 1.29 is 9.18 Å². The Kier molecular flexibility index (Phi) is 5.75. The van der Waals surface area contributed by atoms with Gasteiger partial charge in [0, 0.05) is 17.0 Å². The summed E-state index contributed by atoms with van der Waals surface area (Å²) in [6, 6.07) is 12.2. The Labute approximate surface area is 128 Å². The van der Waals surface area contributed by atoms with Crippen molar-refractivity contribution in [3.8, 4) is 0 Å². The third kappa shape index (κ3) is 4.86. The minimum Gasteiger partial charge on any atom is -0.350 e. The molecule has 0 spiro atoms. The van der Waals surface area contributed by atoms with Gasteiger partial charge in [0.2, 0.25) is 5.91 Å². The van der Waals surface area contributed by atoms with E-state index < -0.39 is 0 Å². The minimum atomic E-state index is -0.230. The van der Waals surface area contributed by atoms with E-state index in [1.54, 1.807) is 24.4 Å². The summed E-state index contributed by atoms with van der Waals surface area (Å²) in [4.78, 5) is 15.9. The lowest BCUT2D eigenvalue weighted by Gasteiger charge is -2.12. The summed E-state index contributed by atoms with van der Waals surface area (Å²) in [5.74, 6) is -0.0114. The summed E-state index contributed by atoms with van der Waals surface area (Å²) < 4.78 is 13.6. The van der Waals surface area contributed by atoms with Crippen molar-refractivity contribution in [1.29, 1.82) is 0 Å². The normalized spacial score (nSPS) is 11.9. The first-order valence-corrected chi connectivity index (χ1v) is 7.74. The highest BCUT2D eigenvalue weighted by Gasteiger charge is 2.12. The largest absolute Gasteiger partial charge is 0.350 e. The van der Waals surface area contributed by atoms with E-state index in [1.165, 1.54) is 17.8 Å². The number of halogens is 1. The molecule has 1 aromatic heterocycles. The molecule has 21 heavy (non-hydrogen) atoms. The topological polar surface area (TPSA) is 42.0 Å². The molecule has 1 unspecified atom stereocenters. The van der Waals surface area contributed by atoms with Crippen LogP contribution in [0.5, 0.6) is 0 Å². The summed E-state index contributed by atoms with van der Waals surface area (Å²) in [7, 11) is 0. The molecular formula is C16H17FN2OS. The van der Waals surface area contributed by atoms with Crippen LogP contribution < -0.4 is 5.32 Å². The zero-order chi connectivity index (χ0) is 15.1. The maximum atomic E-state index is 13.6. The fourth-order valence-corrected chi connectivity index (χ4v) is 2.71. The molecule has 1 heterocycles. The van der Waals surface area contributed by atoms with Crippen molar-refractivity contribution >= 4 is 17.7 Å². The third-order valence-corrected chi connectivity index (χ3v) is 4.18. The molecule has 0 aliphatic rings. The maximum Gasteiger partial charge on any atom is 0.230 e. The number of aromatic nitrogens is 1. The molecule has 1 aromatic carbocycles. The molecule has 0 radical (unpaired) electrons. The fourth-order valence-electron chi connectivity index (χ4n) is 1.84. The number of pyridine rings is 1. The van der Waals surface area contributed by atoms with Crippen LogP contribution in [0.25, 0.3) is 0 Å². The molecule has 5 heteroatoms. The van der Waals surface area contributed by atoms with Gasteiger partial charge in [-0.15, -0.1) is 11.8 Å². The van der Waals surface area contributed by atoms with Crippen LogP contribution in [0.3, 0.4) is 0 Å². The first-order valence-electron chi connectivity index (χ1n) is 6.69. The van der Waals surface area contributed by atoms with Crippen LogP contribution in [0.2, 0.25) is 0 Å². The van der Waals surface area contributed by atoms with Crippen molar-refractivity contribution in [2.45, 2.75) is 18.7 Å². The zero-order valence-corrected chi connectivity index (χ0v) is 12.6. The van der Waals surface area contributed by atoms with Crippen molar-refractivity contribution in [2.24, 2.45) is 0 Å². The van der Waals surface area contributed by atoms with E-state index in [4.69, 9.17) is 0 Å². The van der Waals surface area contributed by atoms with Crippen molar-refractivity contribution in [1.82, 2.24) is 10.3 Å². The highest BCUT2D eigenvalue weighted by molar-refractivity contribution is 8.00. The first kappa shape index (κ1) is 15.5. The number of thioether (sulfide) groups is 1. The molecule has 2 rings (SSSR count). The van der Waals surface area contributed by atoms with Gasteiger partial charge in [-0.3, -0.25) is 9.78 Å². The summed E-state index contributed by atoms with van der Waals surface area (Å²) in [5, 5.41) is 2.74. The van der Waals surface area contributed by atoms with E-state index in [2.05, 4.69) is 10.3 Å². The van der Waals surface area contributed by atoms with Crippen LogP contribution in [0.1, 0.15) is 23.4 Å².